The molecule has 22 heavy (non-hydrogen) atoms. The molecule has 0 aliphatic heterocycles. The van der Waals surface area contributed by atoms with Crippen molar-refractivity contribution < 1.29 is 4.92 Å². The Labute approximate surface area is 132 Å². The van der Waals surface area contributed by atoms with Crippen LogP contribution < -0.4 is 0 Å². The second kappa shape index (κ2) is 8.32. The summed E-state index contributed by atoms with van der Waals surface area (Å²) in [4.78, 5) is 11.6. The summed E-state index contributed by atoms with van der Waals surface area (Å²) in [7, 11) is 0. The first-order chi connectivity index (χ1) is 10.7. The molecule has 0 aromatic heterocycles. The van der Waals surface area contributed by atoms with Crippen molar-refractivity contribution in [1.82, 2.24) is 0 Å². The lowest BCUT2D eigenvalue weighted by Gasteiger charge is -2.22. The lowest BCUT2D eigenvalue weighted by Crippen LogP contribution is -2.28. The van der Waals surface area contributed by atoms with E-state index in [9.17, 15) is 10.1 Å². The Morgan fingerprint density at radius 3 is 1.82 bits per heavy atom. The average Bonchev–Trinajstić information content (AvgIpc) is 2.56. The van der Waals surface area contributed by atoms with E-state index in [1.54, 1.807) is 0 Å². The number of nitrogens with zero attached hydrogens (tertiary/aromatic N) is 1. The van der Waals surface area contributed by atoms with Gasteiger partial charge >= 0.3 is 0 Å². The van der Waals surface area contributed by atoms with Crippen molar-refractivity contribution >= 4 is 0 Å². The lowest BCUT2D eigenvalue weighted by molar-refractivity contribution is -0.526. The number of unbranched alkanes of at least 4 members (excludes halogenated alkanes) is 2. The minimum absolute atomic E-state index is 0.0969. The van der Waals surface area contributed by atoms with Crippen LogP contribution in [0.15, 0.2) is 60.7 Å². The summed E-state index contributed by atoms with van der Waals surface area (Å²) in [5, 5.41) is 11.7. The highest BCUT2D eigenvalue weighted by Crippen LogP contribution is 2.32. The van der Waals surface area contributed by atoms with Crippen molar-refractivity contribution in [3.63, 3.8) is 0 Å². The van der Waals surface area contributed by atoms with Crippen molar-refractivity contribution in [2.75, 3.05) is 0 Å². The molecule has 0 bridgehead atoms. The van der Waals surface area contributed by atoms with E-state index in [1.165, 1.54) is 0 Å². The minimum Gasteiger partial charge on any atom is -0.264 e. The van der Waals surface area contributed by atoms with Gasteiger partial charge in [0.25, 0.3) is 0 Å². The third-order valence-corrected chi connectivity index (χ3v) is 4.08. The molecule has 2 aromatic carbocycles. The molecule has 0 aliphatic carbocycles. The predicted molar refractivity (Wildman–Crippen MR) is 89.7 cm³/mol. The zero-order valence-corrected chi connectivity index (χ0v) is 13.0. The topological polar surface area (TPSA) is 43.1 Å². The molecule has 2 rings (SSSR count). The summed E-state index contributed by atoms with van der Waals surface area (Å²) >= 11 is 0. The molecule has 0 spiro atoms. The molecular formula is C19H23NO2. The maximum absolute atomic E-state index is 11.7. The number of rotatable bonds is 8. The summed E-state index contributed by atoms with van der Waals surface area (Å²) in [6.07, 6.45) is 3.64. The van der Waals surface area contributed by atoms with Gasteiger partial charge in [0.1, 0.15) is 0 Å². The Morgan fingerprint density at radius 2 is 1.41 bits per heavy atom. The Hall–Kier alpha value is -2.16. The molecule has 0 aliphatic rings. The molecule has 0 amide bonds. The molecule has 116 valence electrons. The zero-order chi connectivity index (χ0) is 15.8. The SMILES string of the molecule is CCCCCC(C(c1ccccc1)c1ccccc1)[N+](=O)[O-]. The summed E-state index contributed by atoms with van der Waals surface area (Å²) in [5.74, 6) is -0.186. The van der Waals surface area contributed by atoms with Gasteiger partial charge in [-0.3, -0.25) is 10.1 Å². The normalized spacial score (nSPS) is 12.3. The standard InChI is InChI=1S/C19H23NO2/c1-2-3-6-15-18(20(21)22)19(16-11-7-4-8-12-16)17-13-9-5-10-14-17/h4-5,7-14,18-19H,2-3,6,15H2,1H3. The quantitative estimate of drug-likeness (QED) is 0.389. The number of hydrogen-bond acceptors (Lipinski definition) is 2. The molecule has 0 heterocycles. The van der Waals surface area contributed by atoms with Gasteiger partial charge < -0.3 is 0 Å². The predicted octanol–water partition coefficient (Wildman–Crippen LogP) is 5.04. The Bertz CT molecular complexity index is 529. The van der Waals surface area contributed by atoms with Crippen LogP contribution in [0.2, 0.25) is 0 Å². The van der Waals surface area contributed by atoms with E-state index in [4.69, 9.17) is 0 Å². The molecule has 0 fully saturated rings. The van der Waals surface area contributed by atoms with Crippen LogP contribution in [-0.4, -0.2) is 11.0 Å². The molecule has 3 heteroatoms. The molecule has 0 N–H and O–H groups in total. The summed E-state index contributed by atoms with van der Waals surface area (Å²) in [6, 6.07) is 19.1. The van der Waals surface area contributed by atoms with E-state index in [2.05, 4.69) is 6.92 Å². The first-order valence-electron chi connectivity index (χ1n) is 7.97. The summed E-state index contributed by atoms with van der Waals surface area (Å²) in [6.45, 7) is 2.12. The van der Waals surface area contributed by atoms with Crippen LogP contribution in [0.4, 0.5) is 0 Å². The number of nitro groups is 1. The summed E-state index contributed by atoms with van der Waals surface area (Å²) in [5.41, 5.74) is 2.04. The van der Waals surface area contributed by atoms with E-state index in [1.807, 2.05) is 60.7 Å². The molecular weight excluding hydrogens is 274 g/mol. The van der Waals surface area contributed by atoms with Gasteiger partial charge in [0, 0.05) is 11.3 Å². The van der Waals surface area contributed by atoms with Gasteiger partial charge in [-0.15, -0.1) is 0 Å². The number of hydrogen-bond donors (Lipinski definition) is 0. The highest BCUT2D eigenvalue weighted by molar-refractivity contribution is 5.33. The highest BCUT2D eigenvalue weighted by atomic mass is 16.6. The van der Waals surface area contributed by atoms with Crippen LogP contribution in [0.1, 0.15) is 49.7 Å². The highest BCUT2D eigenvalue weighted by Gasteiger charge is 2.33. The van der Waals surface area contributed by atoms with Gasteiger partial charge in [-0.1, -0.05) is 80.4 Å². The monoisotopic (exact) mass is 297 g/mol. The Balaban J connectivity index is 2.35. The fourth-order valence-electron chi connectivity index (χ4n) is 2.95. The van der Waals surface area contributed by atoms with Crippen molar-refractivity contribution in [2.24, 2.45) is 0 Å². The number of benzene rings is 2. The molecule has 3 nitrogen and oxygen atoms in total. The molecule has 0 saturated heterocycles. The van der Waals surface area contributed by atoms with Gasteiger partial charge in [-0.25, -0.2) is 0 Å². The maximum Gasteiger partial charge on any atom is 0.223 e. The van der Waals surface area contributed by atoms with Gasteiger partial charge in [-0.05, 0) is 17.5 Å². The fourth-order valence-corrected chi connectivity index (χ4v) is 2.95. The van der Waals surface area contributed by atoms with Gasteiger partial charge in [0.15, 0.2) is 0 Å². The van der Waals surface area contributed by atoms with Crippen LogP contribution >= 0.6 is 0 Å². The molecule has 2 aromatic rings. The van der Waals surface area contributed by atoms with E-state index < -0.39 is 6.04 Å². The molecule has 0 radical (unpaired) electrons. The van der Waals surface area contributed by atoms with Crippen molar-refractivity contribution in [2.45, 2.75) is 44.6 Å². The van der Waals surface area contributed by atoms with E-state index in [-0.39, 0.29) is 10.8 Å². The summed E-state index contributed by atoms with van der Waals surface area (Å²) < 4.78 is 0. The third-order valence-electron chi connectivity index (χ3n) is 4.08. The second-order valence-corrected chi connectivity index (χ2v) is 5.65. The first kappa shape index (κ1) is 16.2. The smallest absolute Gasteiger partial charge is 0.223 e. The first-order valence-corrected chi connectivity index (χ1v) is 7.97. The molecule has 1 unspecified atom stereocenters. The minimum atomic E-state index is -0.573. The van der Waals surface area contributed by atoms with E-state index in [0.29, 0.717) is 6.42 Å². The van der Waals surface area contributed by atoms with E-state index >= 15 is 0 Å². The van der Waals surface area contributed by atoms with Crippen LogP contribution in [0.3, 0.4) is 0 Å². The fraction of sp³-hybridized carbons (Fsp3) is 0.368. The van der Waals surface area contributed by atoms with E-state index in [0.717, 1.165) is 30.4 Å². The maximum atomic E-state index is 11.7. The second-order valence-electron chi connectivity index (χ2n) is 5.65. The van der Waals surface area contributed by atoms with Crippen LogP contribution in [0.25, 0.3) is 0 Å². The van der Waals surface area contributed by atoms with Crippen LogP contribution in [0.5, 0.6) is 0 Å². The van der Waals surface area contributed by atoms with Gasteiger partial charge in [0.05, 0.1) is 5.92 Å². The Kier molecular flexibility index (Phi) is 6.13. The zero-order valence-electron chi connectivity index (χ0n) is 13.0. The third kappa shape index (κ3) is 4.17. The Morgan fingerprint density at radius 1 is 0.909 bits per heavy atom. The largest absolute Gasteiger partial charge is 0.264 e. The van der Waals surface area contributed by atoms with Gasteiger partial charge in [0.2, 0.25) is 6.04 Å². The van der Waals surface area contributed by atoms with Crippen LogP contribution in [-0.2, 0) is 0 Å². The molecule has 1 atom stereocenters. The van der Waals surface area contributed by atoms with Crippen LogP contribution in [0, 0.1) is 10.1 Å². The van der Waals surface area contributed by atoms with Crippen molar-refractivity contribution in [1.29, 1.82) is 0 Å². The van der Waals surface area contributed by atoms with Crippen molar-refractivity contribution in [3.8, 4) is 0 Å². The molecule has 0 saturated carbocycles. The van der Waals surface area contributed by atoms with Crippen molar-refractivity contribution in [3.05, 3.63) is 81.9 Å². The lowest BCUT2D eigenvalue weighted by atomic mass is 9.83. The van der Waals surface area contributed by atoms with Gasteiger partial charge in [-0.2, -0.15) is 0 Å². The average molecular weight is 297 g/mol.